The second kappa shape index (κ2) is 5.31. The van der Waals surface area contributed by atoms with Crippen molar-refractivity contribution < 1.29 is 19.0 Å². The van der Waals surface area contributed by atoms with Gasteiger partial charge in [0, 0.05) is 12.1 Å². The fraction of sp³-hybridized carbons (Fsp3) is 0. The maximum absolute atomic E-state index is 13.4. The summed E-state index contributed by atoms with van der Waals surface area (Å²) in [7, 11) is 0. The summed E-state index contributed by atoms with van der Waals surface area (Å²) in [6.45, 7) is 0. The van der Waals surface area contributed by atoms with Crippen LogP contribution < -0.4 is 4.74 Å². The molecule has 0 saturated carbocycles. The Balaban J connectivity index is 2.33. The average Bonchev–Trinajstić information content (AvgIpc) is 2.39. The minimum absolute atomic E-state index is 0.129. The molecule has 2 aromatic rings. The molecule has 0 aliphatic carbocycles. The third-order valence-corrected chi connectivity index (χ3v) is 2.41. The van der Waals surface area contributed by atoms with Crippen LogP contribution in [-0.4, -0.2) is 9.85 Å². The van der Waals surface area contributed by atoms with Gasteiger partial charge in [-0.25, -0.2) is 0 Å². The fourth-order valence-electron chi connectivity index (χ4n) is 1.52. The highest BCUT2D eigenvalue weighted by Gasteiger charge is 2.21. The highest BCUT2D eigenvalue weighted by atomic mass is 19.1. The topological polar surface area (TPSA) is 95.5 Å². The van der Waals surface area contributed by atoms with Crippen LogP contribution in [0.1, 0.15) is 0 Å². The van der Waals surface area contributed by atoms with Crippen LogP contribution in [0.4, 0.5) is 15.8 Å². The van der Waals surface area contributed by atoms with Crippen LogP contribution in [0.5, 0.6) is 11.5 Å². The van der Waals surface area contributed by atoms with E-state index in [0.29, 0.717) is 0 Å². The summed E-state index contributed by atoms with van der Waals surface area (Å²) < 4.78 is 18.5. The largest absolute Gasteiger partial charge is 0.450 e. The maximum atomic E-state index is 13.4. The van der Waals surface area contributed by atoms with Gasteiger partial charge in [0.2, 0.25) is 11.6 Å². The van der Waals surface area contributed by atoms with Crippen molar-refractivity contribution in [3.8, 4) is 11.5 Å². The lowest BCUT2D eigenvalue weighted by molar-refractivity contribution is -0.388. The minimum atomic E-state index is -1.02. The summed E-state index contributed by atoms with van der Waals surface area (Å²) >= 11 is 0. The zero-order valence-electron chi connectivity index (χ0n) is 9.86. The van der Waals surface area contributed by atoms with Gasteiger partial charge < -0.3 is 4.74 Å². The van der Waals surface area contributed by atoms with Crippen LogP contribution in [0.2, 0.25) is 0 Å². The van der Waals surface area contributed by atoms with Gasteiger partial charge in [-0.05, 0) is 24.3 Å². The van der Waals surface area contributed by atoms with E-state index in [1.54, 1.807) is 0 Å². The van der Waals surface area contributed by atoms with E-state index in [4.69, 9.17) is 4.74 Å². The molecule has 0 atom stereocenters. The molecule has 0 unspecified atom stereocenters. The van der Waals surface area contributed by atoms with Crippen molar-refractivity contribution >= 4 is 11.4 Å². The van der Waals surface area contributed by atoms with E-state index < -0.39 is 21.4 Å². The van der Waals surface area contributed by atoms with Crippen LogP contribution in [0.3, 0.4) is 0 Å². The van der Waals surface area contributed by atoms with Gasteiger partial charge in [-0.1, -0.05) is 6.07 Å². The van der Waals surface area contributed by atoms with Crippen molar-refractivity contribution in [2.45, 2.75) is 0 Å². The number of rotatable bonds is 4. The number of benzene rings is 2. The molecule has 20 heavy (non-hydrogen) atoms. The van der Waals surface area contributed by atoms with Gasteiger partial charge in [0.1, 0.15) is 5.75 Å². The number of para-hydroxylation sites is 1. The number of nitro groups is 2. The summed E-state index contributed by atoms with van der Waals surface area (Å²) in [6.07, 6.45) is 0. The monoisotopic (exact) mass is 278 g/mol. The fourth-order valence-corrected chi connectivity index (χ4v) is 1.52. The van der Waals surface area contributed by atoms with E-state index in [0.717, 1.165) is 6.07 Å². The Hall–Kier alpha value is -3.03. The molecule has 0 aliphatic rings. The summed E-state index contributed by atoms with van der Waals surface area (Å²) in [6, 6.07) is 8.35. The predicted octanol–water partition coefficient (Wildman–Crippen LogP) is 3.43. The van der Waals surface area contributed by atoms with E-state index in [-0.39, 0.29) is 17.2 Å². The second-order valence-electron chi connectivity index (χ2n) is 3.70. The lowest BCUT2D eigenvalue weighted by Gasteiger charge is -2.06. The lowest BCUT2D eigenvalue weighted by atomic mass is 10.2. The van der Waals surface area contributed by atoms with Crippen molar-refractivity contribution in [2.24, 2.45) is 0 Å². The number of halogens is 1. The standard InChI is InChI=1S/C12H7FN2O5/c13-10-2-1-3-11(12(10)15(18)19)20-9-6-4-8(5-7-9)14(16)17/h1-7H. The summed E-state index contributed by atoms with van der Waals surface area (Å²) in [5, 5.41) is 21.3. The number of hydrogen-bond donors (Lipinski definition) is 0. The molecular formula is C12H7FN2O5. The van der Waals surface area contributed by atoms with E-state index in [9.17, 15) is 24.6 Å². The van der Waals surface area contributed by atoms with Crippen LogP contribution in [0.15, 0.2) is 42.5 Å². The van der Waals surface area contributed by atoms with Crippen LogP contribution >= 0.6 is 0 Å². The smallest absolute Gasteiger partial charge is 0.346 e. The minimum Gasteiger partial charge on any atom is -0.450 e. The van der Waals surface area contributed by atoms with Crippen molar-refractivity contribution in [1.29, 1.82) is 0 Å². The molecule has 0 radical (unpaired) electrons. The van der Waals surface area contributed by atoms with Crippen LogP contribution in [0.25, 0.3) is 0 Å². The summed E-state index contributed by atoms with van der Waals surface area (Å²) in [4.78, 5) is 19.8. The third kappa shape index (κ3) is 2.69. The van der Waals surface area contributed by atoms with Crippen molar-refractivity contribution in [3.63, 3.8) is 0 Å². The Labute approximate surface area is 111 Å². The second-order valence-corrected chi connectivity index (χ2v) is 3.70. The quantitative estimate of drug-likeness (QED) is 0.630. The van der Waals surface area contributed by atoms with Crippen molar-refractivity contribution in [1.82, 2.24) is 0 Å². The Morgan fingerprint density at radius 1 is 0.950 bits per heavy atom. The molecule has 0 N–H and O–H groups in total. The maximum Gasteiger partial charge on any atom is 0.346 e. The molecule has 0 amide bonds. The zero-order valence-corrected chi connectivity index (χ0v) is 9.86. The molecule has 0 bridgehead atoms. The molecule has 0 spiro atoms. The molecule has 7 nitrogen and oxygen atoms in total. The number of hydrogen-bond acceptors (Lipinski definition) is 5. The Kier molecular flexibility index (Phi) is 3.56. The highest BCUT2D eigenvalue weighted by Crippen LogP contribution is 2.33. The van der Waals surface area contributed by atoms with E-state index >= 15 is 0 Å². The third-order valence-electron chi connectivity index (χ3n) is 2.41. The molecule has 102 valence electrons. The van der Waals surface area contributed by atoms with Crippen molar-refractivity contribution in [2.75, 3.05) is 0 Å². The number of ether oxygens (including phenoxy) is 1. The number of non-ortho nitro benzene ring substituents is 1. The molecule has 0 saturated heterocycles. The van der Waals surface area contributed by atoms with Gasteiger partial charge >= 0.3 is 5.69 Å². The SMILES string of the molecule is O=[N+]([O-])c1ccc(Oc2cccc(F)c2[N+](=O)[O-])cc1. The van der Waals surface area contributed by atoms with Gasteiger partial charge in [-0.3, -0.25) is 20.2 Å². The average molecular weight is 278 g/mol. The first-order chi connectivity index (χ1) is 9.49. The molecule has 2 aromatic carbocycles. The molecular weight excluding hydrogens is 271 g/mol. The lowest BCUT2D eigenvalue weighted by Crippen LogP contribution is -1.96. The van der Waals surface area contributed by atoms with Gasteiger partial charge in [0.25, 0.3) is 5.69 Å². The van der Waals surface area contributed by atoms with E-state index in [1.165, 1.54) is 36.4 Å². The van der Waals surface area contributed by atoms with E-state index in [1.807, 2.05) is 0 Å². The first-order valence-corrected chi connectivity index (χ1v) is 5.34. The number of nitro benzene ring substituents is 2. The first-order valence-electron chi connectivity index (χ1n) is 5.34. The predicted molar refractivity (Wildman–Crippen MR) is 66.2 cm³/mol. The van der Waals surface area contributed by atoms with E-state index in [2.05, 4.69) is 0 Å². The van der Waals surface area contributed by atoms with Gasteiger partial charge in [-0.15, -0.1) is 0 Å². The first kappa shape index (κ1) is 13.4. The summed E-state index contributed by atoms with van der Waals surface area (Å²) in [5.41, 5.74) is -0.933. The Morgan fingerprint density at radius 2 is 1.60 bits per heavy atom. The Morgan fingerprint density at radius 3 is 2.15 bits per heavy atom. The number of nitrogens with zero attached hydrogens (tertiary/aromatic N) is 2. The molecule has 8 heteroatoms. The normalized spacial score (nSPS) is 10.1. The van der Waals surface area contributed by atoms with Crippen LogP contribution in [0, 0.1) is 26.0 Å². The Bertz CT molecular complexity index is 672. The van der Waals surface area contributed by atoms with Crippen LogP contribution in [-0.2, 0) is 0 Å². The van der Waals surface area contributed by atoms with Gasteiger partial charge in [-0.2, -0.15) is 4.39 Å². The highest BCUT2D eigenvalue weighted by molar-refractivity contribution is 5.49. The molecule has 0 fully saturated rings. The summed E-state index contributed by atoms with van der Waals surface area (Å²) in [5.74, 6) is -1.16. The molecule has 0 heterocycles. The van der Waals surface area contributed by atoms with Gasteiger partial charge in [0.05, 0.1) is 9.85 Å². The van der Waals surface area contributed by atoms with Gasteiger partial charge in [0.15, 0.2) is 0 Å². The molecule has 2 rings (SSSR count). The molecule has 0 aliphatic heterocycles. The zero-order chi connectivity index (χ0) is 14.7. The van der Waals surface area contributed by atoms with Crippen molar-refractivity contribution in [3.05, 3.63) is 68.5 Å². The molecule has 0 aromatic heterocycles.